The van der Waals surface area contributed by atoms with Crippen LogP contribution >= 0.6 is 23.2 Å². The van der Waals surface area contributed by atoms with Crippen molar-refractivity contribution in [1.82, 2.24) is 5.01 Å². The number of benzene rings is 3. The maximum absolute atomic E-state index is 13.8. The lowest BCUT2D eigenvalue weighted by Crippen LogP contribution is -2.44. The van der Waals surface area contributed by atoms with Crippen molar-refractivity contribution in [1.29, 1.82) is 0 Å². The average molecular weight is 490 g/mol. The van der Waals surface area contributed by atoms with E-state index in [0.29, 0.717) is 21.3 Å². The highest BCUT2D eigenvalue weighted by atomic mass is 35.5. The van der Waals surface area contributed by atoms with E-state index in [0.717, 1.165) is 11.1 Å². The molecule has 0 unspecified atom stereocenters. The van der Waals surface area contributed by atoms with Gasteiger partial charge < -0.3 is 0 Å². The van der Waals surface area contributed by atoms with Crippen LogP contribution in [0.3, 0.4) is 0 Å². The number of fused-ring (bicyclic) bond motifs is 5. The van der Waals surface area contributed by atoms with Crippen molar-refractivity contribution in [3.8, 4) is 0 Å². The molecule has 0 bridgehead atoms. The molecule has 3 aromatic rings. The fourth-order valence-corrected chi connectivity index (χ4v) is 5.55. The van der Waals surface area contributed by atoms with Crippen LogP contribution < -0.4 is 4.90 Å². The monoisotopic (exact) mass is 489 g/mol. The van der Waals surface area contributed by atoms with E-state index in [4.69, 9.17) is 23.2 Å². The predicted octanol–water partition coefficient (Wildman–Crippen LogP) is 4.75. The van der Waals surface area contributed by atoms with Gasteiger partial charge in [-0.2, -0.15) is 5.10 Å². The molecule has 6 rings (SSSR count). The topological polar surface area (TPSA) is 70.0 Å². The summed E-state index contributed by atoms with van der Waals surface area (Å²) in [5.74, 6) is -2.65. The number of ketones is 1. The van der Waals surface area contributed by atoms with Gasteiger partial charge in [0.25, 0.3) is 0 Å². The highest BCUT2D eigenvalue weighted by molar-refractivity contribution is 6.31. The molecule has 3 aromatic carbocycles. The Bertz CT molecular complexity index is 1370. The van der Waals surface area contributed by atoms with E-state index < -0.39 is 29.8 Å². The van der Waals surface area contributed by atoms with Gasteiger partial charge in [0.2, 0.25) is 11.8 Å². The summed E-state index contributed by atoms with van der Waals surface area (Å²) in [6, 6.07) is 19.2. The number of hydrogen-bond acceptors (Lipinski definition) is 5. The molecule has 2 fully saturated rings. The van der Waals surface area contributed by atoms with Crippen LogP contribution in [-0.4, -0.2) is 34.9 Å². The largest absolute Gasteiger partial charge is 0.292 e. The summed E-state index contributed by atoms with van der Waals surface area (Å²) in [4.78, 5) is 42.5. The molecule has 6 nitrogen and oxygen atoms in total. The van der Waals surface area contributed by atoms with E-state index in [1.807, 2.05) is 24.3 Å². The van der Waals surface area contributed by atoms with Crippen molar-refractivity contribution in [2.24, 2.45) is 16.9 Å². The first-order chi connectivity index (χ1) is 16.5. The van der Waals surface area contributed by atoms with Crippen LogP contribution in [0.2, 0.25) is 10.0 Å². The molecule has 3 heterocycles. The number of amides is 2. The van der Waals surface area contributed by atoms with Gasteiger partial charge in [-0.15, -0.1) is 0 Å². The molecule has 2 amide bonds. The Kier molecular flexibility index (Phi) is 4.83. The van der Waals surface area contributed by atoms with Crippen molar-refractivity contribution >= 4 is 52.7 Å². The third-order valence-electron chi connectivity index (χ3n) is 6.78. The van der Waals surface area contributed by atoms with Gasteiger partial charge in [-0.25, -0.2) is 4.90 Å². The van der Waals surface area contributed by atoms with Gasteiger partial charge >= 0.3 is 0 Å². The Balaban J connectivity index is 1.49. The number of halogens is 2. The average Bonchev–Trinajstić information content (AvgIpc) is 3.32. The van der Waals surface area contributed by atoms with E-state index in [2.05, 4.69) is 5.10 Å². The number of rotatable bonds is 3. The molecule has 8 heteroatoms. The molecule has 0 radical (unpaired) electrons. The quantitative estimate of drug-likeness (QED) is 0.393. The van der Waals surface area contributed by atoms with Gasteiger partial charge in [-0.3, -0.25) is 19.4 Å². The first-order valence-electron chi connectivity index (χ1n) is 10.8. The molecule has 4 atom stereocenters. The third-order valence-corrected chi connectivity index (χ3v) is 7.28. The second-order valence-electron chi connectivity index (χ2n) is 8.55. The van der Waals surface area contributed by atoms with Crippen LogP contribution in [0.1, 0.15) is 27.5 Å². The fraction of sp³-hybridized carbons (Fsp3) is 0.154. The number of imide groups is 1. The maximum atomic E-state index is 13.8. The van der Waals surface area contributed by atoms with Gasteiger partial charge in [-0.05, 0) is 59.7 Å². The van der Waals surface area contributed by atoms with Crippen molar-refractivity contribution in [3.05, 3.63) is 99.5 Å². The lowest BCUT2D eigenvalue weighted by Gasteiger charge is -2.33. The number of carbonyl (C=O) groups is 3. The van der Waals surface area contributed by atoms with Crippen LogP contribution in [0.4, 0.5) is 5.69 Å². The fourth-order valence-electron chi connectivity index (χ4n) is 5.30. The number of carbonyl (C=O) groups excluding carboxylic acids is 3. The summed E-state index contributed by atoms with van der Waals surface area (Å²) in [5.41, 5.74) is 2.59. The Labute approximate surface area is 205 Å². The molecule has 34 heavy (non-hydrogen) atoms. The normalized spacial score (nSPS) is 24.8. The minimum atomic E-state index is -0.922. The third kappa shape index (κ3) is 3.02. The molecule has 168 valence electrons. The number of hydrogen-bond donors (Lipinski definition) is 0. The maximum Gasteiger partial charge on any atom is 0.240 e. The van der Waals surface area contributed by atoms with Crippen molar-refractivity contribution in [2.75, 3.05) is 4.90 Å². The number of Topliss-reactive ketones (excluding diaryl/α,β-unsaturated/α-hetero) is 1. The molecule has 3 aliphatic heterocycles. The highest BCUT2D eigenvalue weighted by Gasteiger charge is 2.65. The molecule has 2 saturated heterocycles. The number of nitrogens with zero attached hydrogens (tertiary/aromatic N) is 3. The van der Waals surface area contributed by atoms with Gasteiger partial charge in [0, 0.05) is 15.6 Å². The highest BCUT2D eigenvalue weighted by Crippen LogP contribution is 2.53. The van der Waals surface area contributed by atoms with Crippen LogP contribution in [-0.2, 0) is 9.59 Å². The van der Waals surface area contributed by atoms with E-state index in [1.165, 1.54) is 4.90 Å². The molecule has 0 saturated carbocycles. The van der Waals surface area contributed by atoms with Crippen LogP contribution in [0.15, 0.2) is 77.9 Å². The van der Waals surface area contributed by atoms with Gasteiger partial charge in [0.05, 0.1) is 29.8 Å². The van der Waals surface area contributed by atoms with E-state index in [1.54, 1.807) is 59.8 Å². The standard InChI is InChI=1S/C26H17Cl2N3O3/c27-16-7-5-14(6-8-16)24(32)23-21-20(22-19-4-2-1-3-15(19)13-29-31(22)23)25(33)30(26(21)34)18-11-9-17(28)10-12-18/h1-13,20-23H/t20-,21+,22+,23-/m0/s1. The summed E-state index contributed by atoms with van der Waals surface area (Å²) in [6.07, 6.45) is 1.68. The van der Waals surface area contributed by atoms with Crippen molar-refractivity contribution in [2.45, 2.75) is 12.1 Å². The molecule has 0 aliphatic carbocycles. The lowest BCUT2D eigenvalue weighted by molar-refractivity contribution is -0.124. The second-order valence-corrected chi connectivity index (χ2v) is 9.43. The minimum Gasteiger partial charge on any atom is -0.292 e. The van der Waals surface area contributed by atoms with Crippen LogP contribution in [0.5, 0.6) is 0 Å². The zero-order chi connectivity index (χ0) is 23.6. The van der Waals surface area contributed by atoms with E-state index in [9.17, 15) is 14.4 Å². The van der Waals surface area contributed by atoms with Crippen molar-refractivity contribution in [3.63, 3.8) is 0 Å². The molecular weight excluding hydrogens is 473 g/mol. The Morgan fingerprint density at radius 1 is 0.794 bits per heavy atom. The summed E-state index contributed by atoms with van der Waals surface area (Å²) in [7, 11) is 0. The lowest BCUT2D eigenvalue weighted by atomic mass is 9.83. The molecular formula is C26H17Cl2N3O3. The van der Waals surface area contributed by atoms with Crippen molar-refractivity contribution < 1.29 is 14.4 Å². The summed E-state index contributed by atoms with van der Waals surface area (Å²) < 4.78 is 0. The SMILES string of the molecule is O=C(c1ccc(Cl)cc1)[C@@H]1[C@@H]2C(=O)N(c3ccc(Cl)cc3)C(=O)[C@@H]2[C@H]2c3ccccc3C=NN12. The Morgan fingerprint density at radius 3 is 2.12 bits per heavy atom. The van der Waals surface area contributed by atoms with Gasteiger partial charge in [0.1, 0.15) is 6.04 Å². The van der Waals surface area contributed by atoms with E-state index in [-0.39, 0.29) is 11.7 Å². The predicted molar refractivity (Wildman–Crippen MR) is 129 cm³/mol. The summed E-state index contributed by atoms with van der Waals surface area (Å²) >= 11 is 12.0. The first-order valence-corrected chi connectivity index (χ1v) is 11.6. The number of anilines is 1. The molecule has 0 N–H and O–H groups in total. The summed E-state index contributed by atoms with van der Waals surface area (Å²) in [6.45, 7) is 0. The number of hydrazone groups is 1. The minimum absolute atomic E-state index is 0.273. The van der Waals surface area contributed by atoms with Crippen LogP contribution in [0, 0.1) is 11.8 Å². The van der Waals surface area contributed by atoms with Gasteiger partial charge in [-0.1, -0.05) is 47.5 Å². The summed E-state index contributed by atoms with van der Waals surface area (Å²) in [5, 5.41) is 7.21. The first kappa shape index (κ1) is 21.1. The molecule has 0 aromatic heterocycles. The Morgan fingerprint density at radius 2 is 1.41 bits per heavy atom. The van der Waals surface area contributed by atoms with Crippen LogP contribution in [0.25, 0.3) is 0 Å². The van der Waals surface area contributed by atoms with E-state index >= 15 is 0 Å². The smallest absolute Gasteiger partial charge is 0.240 e. The zero-order valence-electron chi connectivity index (χ0n) is 17.6. The zero-order valence-corrected chi connectivity index (χ0v) is 19.1. The molecule has 0 spiro atoms. The van der Waals surface area contributed by atoms with Gasteiger partial charge in [0.15, 0.2) is 5.78 Å². The second kappa shape index (κ2) is 7.79. The molecule has 3 aliphatic rings. The Hall–Kier alpha value is -3.48.